The van der Waals surface area contributed by atoms with Gasteiger partial charge in [0.05, 0.1) is 7.11 Å². The Morgan fingerprint density at radius 3 is 2.86 bits per heavy atom. The quantitative estimate of drug-likeness (QED) is 0.378. The van der Waals surface area contributed by atoms with Crippen LogP contribution in [0.2, 0.25) is 0 Å². The molecule has 0 aliphatic heterocycles. The van der Waals surface area contributed by atoms with Crippen LogP contribution in [0.15, 0.2) is 18.2 Å². The van der Waals surface area contributed by atoms with Gasteiger partial charge in [-0.15, -0.1) is 0 Å². The number of benzene rings is 1. The summed E-state index contributed by atoms with van der Waals surface area (Å²) in [5.74, 6) is 4.42. The van der Waals surface area contributed by atoms with Gasteiger partial charge in [0.15, 0.2) is 0 Å². The topological polar surface area (TPSA) is 52.3 Å². The molecule has 1 aromatic carbocycles. The minimum Gasteiger partial charge on any atom is -0.459 e. The summed E-state index contributed by atoms with van der Waals surface area (Å²) in [7, 11) is 1.29. The molecule has 72 valence electrons. The van der Waals surface area contributed by atoms with E-state index in [2.05, 4.69) is 16.6 Å². The van der Waals surface area contributed by atoms with Gasteiger partial charge in [-0.2, -0.15) is 0 Å². The first-order valence-electron chi connectivity index (χ1n) is 4.09. The Morgan fingerprint density at radius 1 is 1.50 bits per heavy atom. The van der Waals surface area contributed by atoms with Crippen LogP contribution in [-0.4, -0.2) is 13.1 Å². The van der Waals surface area contributed by atoms with Crippen molar-refractivity contribution in [3.8, 4) is 11.8 Å². The second kappa shape index (κ2) is 4.33. The molecule has 1 rings (SSSR count). The van der Waals surface area contributed by atoms with Crippen molar-refractivity contribution in [1.29, 1.82) is 0 Å². The molecule has 0 spiro atoms. The fourth-order valence-electron chi connectivity index (χ4n) is 0.948. The van der Waals surface area contributed by atoms with Gasteiger partial charge in [-0.3, -0.25) is 0 Å². The molecule has 0 saturated heterocycles. The second-order valence-electron chi connectivity index (χ2n) is 2.83. The molecule has 3 nitrogen and oxygen atoms in total. The van der Waals surface area contributed by atoms with Crippen LogP contribution in [0.1, 0.15) is 11.1 Å². The molecule has 0 amide bonds. The Hall–Kier alpha value is -1.95. The molecule has 0 fully saturated rings. The summed E-state index contributed by atoms with van der Waals surface area (Å²) in [6.07, 6.45) is 0. The van der Waals surface area contributed by atoms with E-state index in [0.29, 0.717) is 11.3 Å². The summed E-state index contributed by atoms with van der Waals surface area (Å²) in [6.45, 7) is 1.93. The predicted octanol–water partition coefficient (Wildman–Crippen LogP) is 1.10. The van der Waals surface area contributed by atoms with Gasteiger partial charge in [0.1, 0.15) is 0 Å². The van der Waals surface area contributed by atoms with Crippen molar-refractivity contribution < 1.29 is 9.53 Å². The number of ether oxygens (including phenoxy) is 1. The monoisotopic (exact) mass is 189 g/mol. The highest BCUT2D eigenvalue weighted by Gasteiger charge is 1.96. The second-order valence-corrected chi connectivity index (χ2v) is 2.83. The van der Waals surface area contributed by atoms with E-state index in [-0.39, 0.29) is 0 Å². The molecule has 0 aliphatic rings. The third kappa shape index (κ3) is 2.53. The van der Waals surface area contributed by atoms with Gasteiger partial charge in [0.25, 0.3) is 0 Å². The first kappa shape index (κ1) is 10.1. The minimum atomic E-state index is -0.564. The zero-order valence-corrected chi connectivity index (χ0v) is 8.13. The molecule has 3 heteroatoms. The van der Waals surface area contributed by atoms with Crippen LogP contribution in [0.4, 0.5) is 5.69 Å². The van der Waals surface area contributed by atoms with E-state index in [1.54, 1.807) is 6.07 Å². The normalized spacial score (nSPS) is 8.71. The summed E-state index contributed by atoms with van der Waals surface area (Å²) in [6, 6.07) is 5.47. The number of methoxy groups -OCH3 is 1. The number of hydrogen-bond acceptors (Lipinski definition) is 3. The number of nitrogen functional groups attached to an aromatic ring is 1. The van der Waals surface area contributed by atoms with Crippen LogP contribution in [0, 0.1) is 18.8 Å². The summed E-state index contributed by atoms with van der Waals surface area (Å²) in [5.41, 5.74) is 7.92. The average Bonchev–Trinajstić information content (AvgIpc) is 2.19. The lowest BCUT2D eigenvalue weighted by Gasteiger charge is -1.98. The Labute approximate surface area is 82.9 Å². The van der Waals surface area contributed by atoms with Crippen molar-refractivity contribution in [2.75, 3.05) is 12.8 Å². The van der Waals surface area contributed by atoms with E-state index in [1.165, 1.54) is 7.11 Å². The first-order valence-corrected chi connectivity index (χ1v) is 4.09. The molecule has 2 N–H and O–H groups in total. The van der Waals surface area contributed by atoms with Crippen molar-refractivity contribution >= 4 is 11.7 Å². The SMILES string of the molecule is COC(=O)C#Cc1cc(C)ccc1N. The fourth-order valence-corrected chi connectivity index (χ4v) is 0.948. The number of anilines is 1. The molecular formula is C11H11NO2. The van der Waals surface area contributed by atoms with Gasteiger partial charge in [-0.25, -0.2) is 4.79 Å². The summed E-state index contributed by atoms with van der Waals surface area (Å²) >= 11 is 0. The van der Waals surface area contributed by atoms with Crippen molar-refractivity contribution in [1.82, 2.24) is 0 Å². The zero-order valence-electron chi connectivity index (χ0n) is 8.13. The van der Waals surface area contributed by atoms with Crippen molar-refractivity contribution in [3.05, 3.63) is 29.3 Å². The third-order valence-electron chi connectivity index (χ3n) is 1.69. The molecule has 1 aromatic rings. The molecular weight excluding hydrogens is 178 g/mol. The van der Waals surface area contributed by atoms with Gasteiger partial charge in [-0.1, -0.05) is 12.0 Å². The Balaban J connectivity index is 3.00. The smallest absolute Gasteiger partial charge is 0.384 e. The average molecular weight is 189 g/mol. The van der Waals surface area contributed by atoms with Gasteiger partial charge in [0, 0.05) is 17.2 Å². The number of carbonyl (C=O) groups excluding carboxylic acids is 1. The molecule has 0 bridgehead atoms. The minimum absolute atomic E-state index is 0.562. The molecule has 0 radical (unpaired) electrons. The highest BCUT2D eigenvalue weighted by Crippen LogP contribution is 2.11. The van der Waals surface area contributed by atoms with Crippen LogP contribution < -0.4 is 5.73 Å². The van der Waals surface area contributed by atoms with Crippen molar-refractivity contribution in [2.45, 2.75) is 6.92 Å². The zero-order chi connectivity index (χ0) is 10.6. The molecule has 14 heavy (non-hydrogen) atoms. The fraction of sp³-hybridized carbons (Fsp3) is 0.182. The molecule has 0 heterocycles. The maximum Gasteiger partial charge on any atom is 0.384 e. The van der Waals surface area contributed by atoms with Gasteiger partial charge in [-0.05, 0) is 24.6 Å². The van der Waals surface area contributed by atoms with Gasteiger partial charge in [0.2, 0.25) is 0 Å². The molecule has 0 saturated carbocycles. The van der Waals surface area contributed by atoms with Crippen LogP contribution in [0.5, 0.6) is 0 Å². The summed E-state index contributed by atoms with van der Waals surface area (Å²) in [4.78, 5) is 10.7. The first-order chi connectivity index (χ1) is 6.63. The highest BCUT2D eigenvalue weighted by atomic mass is 16.5. The van der Waals surface area contributed by atoms with Gasteiger partial charge >= 0.3 is 5.97 Å². The maximum atomic E-state index is 10.7. The van der Waals surface area contributed by atoms with E-state index in [4.69, 9.17) is 5.73 Å². The molecule has 0 aliphatic carbocycles. The lowest BCUT2D eigenvalue weighted by molar-refractivity contribution is -0.133. The van der Waals surface area contributed by atoms with Crippen LogP contribution >= 0.6 is 0 Å². The summed E-state index contributed by atoms with van der Waals surface area (Å²) in [5, 5.41) is 0. The van der Waals surface area contributed by atoms with E-state index in [9.17, 15) is 4.79 Å². The molecule has 0 atom stereocenters. The number of esters is 1. The Kier molecular flexibility index (Phi) is 3.14. The number of rotatable bonds is 0. The number of carbonyl (C=O) groups is 1. The predicted molar refractivity (Wildman–Crippen MR) is 54.5 cm³/mol. The van der Waals surface area contributed by atoms with Gasteiger partial charge < -0.3 is 10.5 Å². The maximum absolute atomic E-state index is 10.7. The number of aryl methyl sites for hydroxylation is 1. The number of hydrogen-bond donors (Lipinski definition) is 1. The standard InChI is InChI=1S/C11H11NO2/c1-8-3-5-10(12)9(7-8)4-6-11(13)14-2/h3,5,7H,12H2,1-2H3. The Bertz CT molecular complexity index is 413. The van der Waals surface area contributed by atoms with Crippen molar-refractivity contribution in [2.24, 2.45) is 0 Å². The molecule has 0 aromatic heterocycles. The summed E-state index contributed by atoms with van der Waals surface area (Å²) < 4.78 is 4.39. The third-order valence-corrected chi connectivity index (χ3v) is 1.69. The highest BCUT2D eigenvalue weighted by molar-refractivity contribution is 5.89. The van der Waals surface area contributed by atoms with Crippen LogP contribution in [0.3, 0.4) is 0 Å². The van der Waals surface area contributed by atoms with Crippen molar-refractivity contribution in [3.63, 3.8) is 0 Å². The van der Waals surface area contributed by atoms with E-state index < -0.39 is 5.97 Å². The largest absolute Gasteiger partial charge is 0.459 e. The van der Waals surface area contributed by atoms with E-state index >= 15 is 0 Å². The molecule has 0 unspecified atom stereocenters. The van der Waals surface area contributed by atoms with Crippen LogP contribution in [0.25, 0.3) is 0 Å². The van der Waals surface area contributed by atoms with E-state index in [1.807, 2.05) is 19.1 Å². The lowest BCUT2D eigenvalue weighted by atomic mass is 10.1. The van der Waals surface area contributed by atoms with Crippen LogP contribution in [-0.2, 0) is 9.53 Å². The lowest BCUT2D eigenvalue weighted by Crippen LogP contribution is -1.96. The number of nitrogens with two attached hydrogens (primary N) is 1. The van der Waals surface area contributed by atoms with E-state index in [0.717, 1.165) is 5.56 Å². The Morgan fingerprint density at radius 2 is 2.21 bits per heavy atom.